The quantitative estimate of drug-likeness (QED) is 0.900. The molecule has 0 radical (unpaired) electrons. The lowest BCUT2D eigenvalue weighted by Crippen LogP contribution is -2.53. The third-order valence-corrected chi connectivity index (χ3v) is 4.57. The Labute approximate surface area is 131 Å². The fourth-order valence-corrected chi connectivity index (χ4v) is 3.28. The number of carboxylic acids is 1. The van der Waals surface area contributed by atoms with Crippen molar-refractivity contribution < 1.29 is 19.4 Å². The van der Waals surface area contributed by atoms with Crippen molar-refractivity contribution in [2.45, 2.75) is 18.4 Å². The van der Waals surface area contributed by atoms with E-state index in [1.807, 2.05) is 24.3 Å². The molecule has 1 aromatic carbocycles. The van der Waals surface area contributed by atoms with Crippen LogP contribution in [-0.4, -0.2) is 47.7 Å². The van der Waals surface area contributed by atoms with Gasteiger partial charge in [-0.25, -0.2) is 4.79 Å². The number of rotatable bonds is 3. The van der Waals surface area contributed by atoms with E-state index >= 15 is 0 Å². The summed E-state index contributed by atoms with van der Waals surface area (Å²) in [7, 11) is 0. The van der Waals surface area contributed by atoms with E-state index in [1.165, 1.54) is 4.90 Å². The fraction of sp³-hybridized carbons (Fsp3) is 0.467. The third-order valence-electron chi connectivity index (χ3n) is 4.08. The average Bonchev–Trinajstić information content (AvgIpc) is 3.27. The molecular weight excluding hydrogens is 338 g/mol. The number of carboxylic acid groups (broad SMARTS) is 1. The highest BCUT2D eigenvalue weighted by Gasteiger charge is 2.48. The predicted molar refractivity (Wildman–Crippen MR) is 78.9 cm³/mol. The zero-order valence-electron chi connectivity index (χ0n) is 11.4. The van der Waals surface area contributed by atoms with Crippen LogP contribution in [0.15, 0.2) is 28.7 Å². The van der Waals surface area contributed by atoms with Crippen LogP contribution in [0.4, 0.5) is 0 Å². The van der Waals surface area contributed by atoms with Gasteiger partial charge in [-0.15, -0.1) is 0 Å². The molecule has 3 unspecified atom stereocenters. The number of hydrogen-bond donors (Lipinski definition) is 1. The lowest BCUT2D eigenvalue weighted by atomic mass is 10.1. The van der Waals surface area contributed by atoms with Crippen molar-refractivity contribution in [3.63, 3.8) is 0 Å². The molecule has 21 heavy (non-hydrogen) atoms. The fourth-order valence-electron chi connectivity index (χ4n) is 2.86. The molecule has 1 saturated carbocycles. The highest BCUT2D eigenvalue weighted by Crippen LogP contribution is 2.49. The summed E-state index contributed by atoms with van der Waals surface area (Å²) in [5.41, 5.74) is 1.13. The summed E-state index contributed by atoms with van der Waals surface area (Å²) < 4.78 is 6.16. The zero-order chi connectivity index (χ0) is 15.0. The van der Waals surface area contributed by atoms with Gasteiger partial charge >= 0.3 is 5.97 Å². The summed E-state index contributed by atoms with van der Waals surface area (Å²) in [5.74, 6) is -0.954. The van der Waals surface area contributed by atoms with E-state index in [1.54, 1.807) is 0 Å². The van der Waals surface area contributed by atoms with Crippen molar-refractivity contribution in [2.24, 2.45) is 5.92 Å². The minimum Gasteiger partial charge on any atom is -0.480 e. The SMILES string of the molecule is O=C(O)C1COCCN1C(=O)C1CC1c1cccc(Br)c1. The topological polar surface area (TPSA) is 66.8 Å². The molecular formula is C15H16BrNO4. The first kappa shape index (κ1) is 14.5. The third kappa shape index (κ3) is 2.96. The van der Waals surface area contributed by atoms with Crippen LogP contribution in [0.1, 0.15) is 17.9 Å². The summed E-state index contributed by atoms with van der Waals surface area (Å²) in [5, 5.41) is 9.20. The van der Waals surface area contributed by atoms with Gasteiger partial charge in [-0.2, -0.15) is 0 Å². The Morgan fingerprint density at radius 3 is 2.90 bits per heavy atom. The van der Waals surface area contributed by atoms with Crippen molar-refractivity contribution in [1.82, 2.24) is 4.90 Å². The number of amides is 1. The minimum absolute atomic E-state index is 0.0596. The summed E-state index contributed by atoms with van der Waals surface area (Å²) >= 11 is 3.43. The number of hydrogen-bond acceptors (Lipinski definition) is 3. The smallest absolute Gasteiger partial charge is 0.328 e. The number of ether oxygens (including phenoxy) is 1. The van der Waals surface area contributed by atoms with E-state index in [9.17, 15) is 14.7 Å². The summed E-state index contributed by atoms with van der Waals surface area (Å²) in [6.45, 7) is 0.844. The summed E-state index contributed by atoms with van der Waals surface area (Å²) in [4.78, 5) is 25.2. The van der Waals surface area contributed by atoms with Gasteiger partial charge in [-0.05, 0) is 30.0 Å². The maximum Gasteiger partial charge on any atom is 0.328 e. The Morgan fingerprint density at radius 2 is 2.19 bits per heavy atom. The molecule has 3 rings (SSSR count). The van der Waals surface area contributed by atoms with Crippen LogP contribution in [0, 0.1) is 5.92 Å². The van der Waals surface area contributed by atoms with E-state index in [2.05, 4.69) is 15.9 Å². The second kappa shape index (κ2) is 5.77. The number of aliphatic carboxylic acids is 1. The van der Waals surface area contributed by atoms with Crippen LogP contribution in [0.3, 0.4) is 0 Å². The zero-order valence-corrected chi connectivity index (χ0v) is 13.0. The molecule has 5 nitrogen and oxygen atoms in total. The minimum atomic E-state index is -0.997. The van der Waals surface area contributed by atoms with Gasteiger partial charge in [0.25, 0.3) is 0 Å². The van der Waals surface area contributed by atoms with E-state index in [0.717, 1.165) is 16.5 Å². The van der Waals surface area contributed by atoms with Gasteiger partial charge < -0.3 is 14.7 Å². The molecule has 1 N–H and O–H groups in total. The molecule has 2 aliphatic rings. The summed E-state index contributed by atoms with van der Waals surface area (Å²) in [6.07, 6.45) is 0.791. The van der Waals surface area contributed by atoms with Crippen LogP contribution in [0.25, 0.3) is 0 Å². The molecule has 6 heteroatoms. The maximum absolute atomic E-state index is 12.5. The van der Waals surface area contributed by atoms with Gasteiger partial charge in [0.05, 0.1) is 13.2 Å². The molecule has 1 amide bonds. The van der Waals surface area contributed by atoms with Crippen molar-refractivity contribution in [3.05, 3.63) is 34.3 Å². The molecule has 1 aromatic rings. The Balaban J connectivity index is 1.70. The number of carbonyl (C=O) groups excluding carboxylic acids is 1. The Bertz CT molecular complexity index is 577. The molecule has 0 aromatic heterocycles. The molecule has 3 atom stereocenters. The average molecular weight is 354 g/mol. The summed E-state index contributed by atoms with van der Waals surface area (Å²) in [6, 6.07) is 7.08. The molecule has 1 saturated heterocycles. The van der Waals surface area contributed by atoms with Crippen molar-refractivity contribution >= 4 is 27.8 Å². The van der Waals surface area contributed by atoms with Crippen LogP contribution in [0.2, 0.25) is 0 Å². The number of halogens is 1. The highest BCUT2D eigenvalue weighted by atomic mass is 79.9. The number of nitrogens with zero attached hydrogens (tertiary/aromatic N) is 1. The van der Waals surface area contributed by atoms with Gasteiger partial charge in [0.1, 0.15) is 0 Å². The number of carbonyl (C=O) groups is 2. The molecule has 1 heterocycles. The van der Waals surface area contributed by atoms with Crippen LogP contribution < -0.4 is 0 Å². The van der Waals surface area contributed by atoms with Crippen LogP contribution in [0.5, 0.6) is 0 Å². The van der Waals surface area contributed by atoms with E-state index in [0.29, 0.717) is 13.2 Å². The highest BCUT2D eigenvalue weighted by molar-refractivity contribution is 9.10. The molecule has 1 aliphatic carbocycles. The first-order chi connectivity index (χ1) is 10.1. The Morgan fingerprint density at radius 1 is 1.38 bits per heavy atom. The van der Waals surface area contributed by atoms with Gasteiger partial charge in [-0.1, -0.05) is 28.1 Å². The van der Waals surface area contributed by atoms with Crippen molar-refractivity contribution in [1.29, 1.82) is 0 Å². The lowest BCUT2D eigenvalue weighted by Gasteiger charge is -2.33. The van der Waals surface area contributed by atoms with Crippen LogP contribution >= 0.6 is 15.9 Å². The Hall–Kier alpha value is -1.40. The predicted octanol–water partition coefficient (Wildman–Crippen LogP) is 1.86. The number of morpholine rings is 1. The normalized spacial score (nSPS) is 28.2. The Kier molecular flexibility index (Phi) is 3.99. The lowest BCUT2D eigenvalue weighted by molar-refractivity contribution is -0.158. The number of benzene rings is 1. The molecule has 0 spiro atoms. The molecule has 112 valence electrons. The van der Waals surface area contributed by atoms with Gasteiger partial charge in [0.2, 0.25) is 5.91 Å². The largest absolute Gasteiger partial charge is 0.480 e. The van der Waals surface area contributed by atoms with Gasteiger partial charge in [0, 0.05) is 16.9 Å². The first-order valence-corrected chi connectivity index (χ1v) is 7.73. The second-order valence-electron chi connectivity index (χ2n) is 5.46. The monoisotopic (exact) mass is 353 g/mol. The van der Waals surface area contributed by atoms with E-state index < -0.39 is 12.0 Å². The van der Waals surface area contributed by atoms with Crippen LogP contribution in [-0.2, 0) is 14.3 Å². The van der Waals surface area contributed by atoms with Gasteiger partial charge in [0.15, 0.2) is 6.04 Å². The second-order valence-corrected chi connectivity index (χ2v) is 6.38. The van der Waals surface area contributed by atoms with Gasteiger partial charge in [-0.3, -0.25) is 4.79 Å². The van der Waals surface area contributed by atoms with Crippen molar-refractivity contribution in [2.75, 3.05) is 19.8 Å². The molecule has 0 bridgehead atoms. The standard InChI is InChI=1S/C15H16BrNO4/c16-10-3-1-2-9(6-10)11-7-12(11)14(18)17-4-5-21-8-13(17)15(19)20/h1-3,6,11-13H,4-5,7-8H2,(H,19,20). The van der Waals surface area contributed by atoms with E-state index in [4.69, 9.17) is 4.74 Å². The maximum atomic E-state index is 12.5. The molecule has 2 fully saturated rings. The van der Waals surface area contributed by atoms with Crippen molar-refractivity contribution in [3.8, 4) is 0 Å². The van der Waals surface area contributed by atoms with E-state index in [-0.39, 0.29) is 24.3 Å². The molecule has 1 aliphatic heterocycles. The first-order valence-electron chi connectivity index (χ1n) is 6.94.